The molecule has 0 atom stereocenters. The van der Waals surface area contributed by atoms with E-state index in [-0.39, 0.29) is 4.90 Å². The quantitative estimate of drug-likeness (QED) is 0.860. The Morgan fingerprint density at radius 3 is 2.63 bits per heavy atom. The number of sulfonamides is 1. The monoisotopic (exact) mass is 283 g/mol. The van der Waals surface area contributed by atoms with Gasteiger partial charge < -0.3 is 9.47 Å². The van der Waals surface area contributed by atoms with Gasteiger partial charge in [0.25, 0.3) is 10.0 Å². The van der Waals surface area contributed by atoms with Crippen molar-refractivity contribution in [3.8, 4) is 11.5 Å². The summed E-state index contributed by atoms with van der Waals surface area (Å²) in [6.07, 6.45) is 2.50. The fourth-order valence-corrected chi connectivity index (χ4v) is 2.45. The lowest BCUT2D eigenvalue weighted by atomic mass is 10.3. The van der Waals surface area contributed by atoms with Gasteiger partial charge in [0.1, 0.15) is 16.4 Å². The van der Waals surface area contributed by atoms with Crippen LogP contribution in [0.2, 0.25) is 0 Å². The maximum absolute atomic E-state index is 12.1. The van der Waals surface area contributed by atoms with Gasteiger partial charge in [0, 0.05) is 12.3 Å². The van der Waals surface area contributed by atoms with Crippen LogP contribution in [-0.4, -0.2) is 32.8 Å². The van der Waals surface area contributed by atoms with E-state index in [1.54, 1.807) is 12.1 Å². The number of nitrogens with one attached hydrogen (secondary N) is 2. The van der Waals surface area contributed by atoms with Gasteiger partial charge in [-0.15, -0.1) is 0 Å². The first-order valence-electron chi connectivity index (χ1n) is 5.30. The third-order valence-electron chi connectivity index (χ3n) is 2.43. The molecule has 0 spiro atoms. The molecule has 7 nitrogen and oxygen atoms in total. The van der Waals surface area contributed by atoms with Crippen molar-refractivity contribution < 1.29 is 17.9 Å². The number of anilines is 1. The molecule has 2 aromatic rings. The van der Waals surface area contributed by atoms with Crippen molar-refractivity contribution in [1.82, 2.24) is 10.2 Å². The van der Waals surface area contributed by atoms with Gasteiger partial charge in [-0.2, -0.15) is 5.10 Å². The molecule has 102 valence electrons. The molecule has 0 bridgehead atoms. The van der Waals surface area contributed by atoms with Crippen LogP contribution in [0.15, 0.2) is 35.5 Å². The molecule has 0 aliphatic rings. The van der Waals surface area contributed by atoms with E-state index in [0.29, 0.717) is 17.2 Å². The van der Waals surface area contributed by atoms with Crippen LogP contribution in [0.3, 0.4) is 0 Å². The first-order valence-corrected chi connectivity index (χ1v) is 6.79. The average Bonchev–Trinajstić information content (AvgIpc) is 2.93. The standard InChI is InChI=1S/C11H13N3O4S/c1-17-8-3-4-11(18-2)10(5-8)14-19(15,16)9-6-12-13-7-9/h3-7,14H,1-2H3,(H,12,13). The van der Waals surface area contributed by atoms with Crippen molar-refractivity contribution in [3.05, 3.63) is 30.6 Å². The molecule has 0 fully saturated rings. The van der Waals surface area contributed by atoms with Crippen LogP contribution in [0.4, 0.5) is 5.69 Å². The highest BCUT2D eigenvalue weighted by Gasteiger charge is 2.18. The molecular formula is C11H13N3O4S. The van der Waals surface area contributed by atoms with E-state index in [1.807, 2.05) is 0 Å². The summed E-state index contributed by atoms with van der Waals surface area (Å²) in [7, 11) is -0.755. The second kappa shape index (κ2) is 5.19. The van der Waals surface area contributed by atoms with Gasteiger partial charge in [0.05, 0.1) is 26.1 Å². The lowest BCUT2D eigenvalue weighted by Crippen LogP contribution is -2.13. The number of hydrogen-bond donors (Lipinski definition) is 2. The second-order valence-corrected chi connectivity index (χ2v) is 5.29. The zero-order chi connectivity index (χ0) is 13.9. The van der Waals surface area contributed by atoms with Crippen LogP contribution in [0.5, 0.6) is 11.5 Å². The lowest BCUT2D eigenvalue weighted by Gasteiger charge is -2.12. The van der Waals surface area contributed by atoms with Gasteiger partial charge in [-0.1, -0.05) is 0 Å². The summed E-state index contributed by atoms with van der Waals surface area (Å²) in [6.45, 7) is 0. The minimum absolute atomic E-state index is 0.0392. The van der Waals surface area contributed by atoms with Gasteiger partial charge >= 0.3 is 0 Å². The third-order valence-corrected chi connectivity index (χ3v) is 3.77. The van der Waals surface area contributed by atoms with Crippen molar-refractivity contribution in [3.63, 3.8) is 0 Å². The van der Waals surface area contributed by atoms with Gasteiger partial charge in [-0.25, -0.2) is 8.42 Å². The number of methoxy groups -OCH3 is 2. The summed E-state index contributed by atoms with van der Waals surface area (Å²) in [5.74, 6) is 0.915. The SMILES string of the molecule is COc1ccc(OC)c(NS(=O)(=O)c2cn[nH]c2)c1. The van der Waals surface area contributed by atoms with E-state index in [1.165, 1.54) is 32.7 Å². The molecule has 0 saturated heterocycles. The second-order valence-electron chi connectivity index (χ2n) is 3.61. The molecule has 19 heavy (non-hydrogen) atoms. The number of aromatic nitrogens is 2. The molecule has 1 aromatic carbocycles. The van der Waals surface area contributed by atoms with Crippen LogP contribution in [-0.2, 0) is 10.0 Å². The zero-order valence-electron chi connectivity index (χ0n) is 10.4. The molecule has 2 N–H and O–H groups in total. The minimum atomic E-state index is -3.71. The average molecular weight is 283 g/mol. The Labute approximate surface area is 110 Å². The van der Waals surface area contributed by atoms with Gasteiger partial charge in [0.2, 0.25) is 0 Å². The van der Waals surface area contributed by atoms with Crippen molar-refractivity contribution >= 4 is 15.7 Å². The van der Waals surface area contributed by atoms with Crippen molar-refractivity contribution in [1.29, 1.82) is 0 Å². The van der Waals surface area contributed by atoms with Crippen LogP contribution in [0.25, 0.3) is 0 Å². The highest BCUT2D eigenvalue weighted by molar-refractivity contribution is 7.92. The number of nitrogens with zero attached hydrogens (tertiary/aromatic N) is 1. The Balaban J connectivity index is 2.37. The summed E-state index contributed by atoms with van der Waals surface area (Å²) < 4.78 is 36.7. The number of hydrogen-bond acceptors (Lipinski definition) is 5. The fourth-order valence-electron chi connectivity index (χ4n) is 1.48. The zero-order valence-corrected chi connectivity index (χ0v) is 11.2. The van der Waals surface area contributed by atoms with Crippen LogP contribution in [0, 0.1) is 0 Å². The molecule has 1 heterocycles. The minimum Gasteiger partial charge on any atom is -0.497 e. The van der Waals surface area contributed by atoms with E-state index >= 15 is 0 Å². The topological polar surface area (TPSA) is 93.3 Å². The molecule has 0 saturated carbocycles. The Hall–Kier alpha value is -2.22. The van der Waals surface area contributed by atoms with Crippen molar-refractivity contribution in [2.45, 2.75) is 4.90 Å². The molecular weight excluding hydrogens is 270 g/mol. The van der Waals surface area contributed by atoms with Crippen molar-refractivity contribution in [2.24, 2.45) is 0 Å². The molecule has 2 rings (SSSR count). The van der Waals surface area contributed by atoms with E-state index in [2.05, 4.69) is 14.9 Å². The van der Waals surface area contributed by atoms with Gasteiger partial charge in [-0.3, -0.25) is 9.82 Å². The summed E-state index contributed by atoms with van der Waals surface area (Å²) >= 11 is 0. The number of rotatable bonds is 5. The molecule has 0 amide bonds. The molecule has 0 radical (unpaired) electrons. The molecule has 0 aliphatic carbocycles. The first kappa shape index (κ1) is 13.2. The van der Waals surface area contributed by atoms with Crippen LogP contribution in [0.1, 0.15) is 0 Å². The summed E-state index contributed by atoms with van der Waals surface area (Å²) in [4.78, 5) is 0.0392. The Kier molecular flexibility index (Phi) is 3.61. The van der Waals surface area contributed by atoms with E-state index in [4.69, 9.17) is 9.47 Å². The van der Waals surface area contributed by atoms with Gasteiger partial charge in [0.15, 0.2) is 0 Å². The smallest absolute Gasteiger partial charge is 0.265 e. The summed E-state index contributed by atoms with van der Waals surface area (Å²) in [6, 6.07) is 4.83. The van der Waals surface area contributed by atoms with E-state index < -0.39 is 10.0 Å². The van der Waals surface area contributed by atoms with Gasteiger partial charge in [-0.05, 0) is 12.1 Å². The third kappa shape index (κ3) is 2.79. The Morgan fingerprint density at radius 2 is 2.05 bits per heavy atom. The molecule has 0 unspecified atom stereocenters. The van der Waals surface area contributed by atoms with E-state index in [0.717, 1.165) is 0 Å². The first-order chi connectivity index (χ1) is 9.06. The van der Waals surface area contributed by atoms with E-state index in [9.17, 15) is 8.42 Å². The van der Waals surface area contributed by atoms with Crippen LogP contribution >= 0.6 is 0 Å². The number of benzene rings is 1. The Bertz CT molecular complexity index is 653. The largest absolute Gasteiger partial charge is 0.497 e. The lowest BCUT2D eigenvalue weighted by molar-refractivity contribution is 0.405. The van der Waals surface area contributed by atoms with Crippen molar-refractivity contribution in [2.75, 3.05) is 18.9 Å². The maximum Gasteiger partial charge on any atom is 0.265 e. The molecule has 0 aliphatic heterocycles. The number of aromatic amines is 1. The predicted octanol–water partition coefficient (Wildman–Crippen LogP) is 1.23. The fraction of sp³-hybridized carbons (Fsp3) is 0.182. The van der Waals surface area contributed by atoms with Crippen LogP contribution < -0.4 is 14.2 Å². The molecule has 8 heteroatoms. The maximum atomic E-state index is 12.1. The summed E-state index contributed by atoms with van der Waals surface area (Å²) in [5, 5.41) is 6.05. The highest BCUT2D eigenvalue weighted by atomic mass is 32.2. The normalized spacial score (nSPS) is 11.1. The Morgan fingerprint density at radius 1 is 1.26 bits per heavy atom. The number of H-pyrrole nitrogens is 1. The number of ether oxygens (including phenoxy) is 2. The predicted molar refractivity (Wildman–Crippen MR) is 68.9 cm³/mol. The summed E-state index contributed by atoms with van der Waals surface area (Å²) in [5.41, 5.74) is 0.294. The molecule has 1 aromatic heterocycles. The highest BCUT2D eigenvalue weighted by Crippen LogP contribution is 2.30.